The first-order valence-corrected chi connectivity index (χ1v) is 6.68. The van der Waals surface area contributed by atoms with Crippen LogP contribution < -0.4 is 5.32 Å². The molecule has 102 valence electrons. The van der Waals surface area contributed by atoms with Crippen molar-refractivity contribution in [3.05, 3.63) is 51.9 Å². The Bertz CT molecular complexity index is 677. The second-order valence-corrected chi connectivity index (χ2v) is 4.95. The van der Waals surface area contributed by atoms with Crippen LogP contribution in [0.25, 0.3) is 6.08 Å². The zero-order valence-corrected chi connectivity index (χ0v) is 11.5. The van der Waals surface area contributed by atoms with Crippen LogP contribution in [0.4, 0.5) is 5.82 Å². The molecule has 0 saturated heterocycles. The molecular weight excluding hydrogens is 276 g/mol. The molecule has 0 radical (unpaired) electrons. The first-order valence-electron chi connectivity index (χ1n) is 5.80. The van der Waals surface area contributed by atoms with Gasteiger partial charge in [0, 0.05) is 11.0 Å². The third-order valence-corrected chi connectivity index (χ3v) is 3.49. The van der Waals surface area contributed by atoms with Crippen molar-refractivity contribution in [1.29, 1.82) is 0 Å². The lowest BCUT2D eigenvalue weighted by atomic mass is 10.3. The van der Waals surface area contributed by atoms with Crippen LogP contribution in [-0.4, -0.2) is 22.0 Å². The number of nitrogens with zero attached hydrogens (tertiary/aromatic N) is 1. The van der Waals surface area contributed by atoms with Gasteiger partial charge in [-0.3, -0.25) is 4.79 Å². The quantitative estimate of drug-likeness (QED) is 0.848. The van der Waals surface area contributed by atoms with Crippen molar-refractivity contribution in [2.75, 3.05) is 5.32 Å². The average Bonchev–Trinajstić information content (AvgIpc) is 2.82. The van der Waals surface area contributed by atoms with Crippen LogP contribution in [-0.2, 0) is 4.79 Å². The van der Waals surface area contributed by atoms with Crippen molar-refractivity contribution in [3.8, 4) is 0 Å². The van der Waals surface area contributed by atoms with Gasteiger partial charge in [-0.05, 0) is 42.1 Å². The first-order chi connectivity index (χ1) is 9.56. The van der Waals surface area contributed by atoms with E-state index in [0.717, 1.165) is 10.4 Å². The average molecular weight is 288 g/mol. The highest BCUT2D eigenvalue weighted by atomic mass is 32.1. The molecule has 0 unspecified atom stereocenters. The Hall–Kier alpha value is -2.47. The third-order valence-electron chi connectivity index (χ3n) is 2.51. The number of carbonyl (C=O) groups is 2. The summed E-state index contributed by atoms with van der Waals surface area (Å²) in [6.07, 6.45) is 3.12. The minimum atomic E-state index is -1.13. The predicted octanol–water partition coefficient (Wildman–Crippen LogP) is 2.80. The summed E-state index contributed by atoms with van der Waals surface area (Å²) < 4.78 is 0. The van der Waals surface area contributed by atoms with E-state index in [0.29, 0.717) is 0 Å². The van der Waals surface area contributed by atoms with E-state index < -0.39 is 5.97 Å². The number of anilines is 1. The van der Waals surface area contributed by atoms with Gasteiger partial charge in [0.2, 0.25) is 5.91 Å². The van der Waals surface area contributed by atoms with Crippen LogP contribution in [0.5, 0.6) is 0 Å². The van der Waals surface area contributed by atoms with Crippen molar-refractivity contribution in [1.82, 2.24) is 4.98 Å². The molecule has 2 heterocycles. The van der Waals surface area contributed by atoms with Crippen molar-refractivity contribution in [2.24, 2.45) is 0 Å². The number of thiophene rings is 1. The zero-order valence-electron chi connectivity index (χ0n) is 10.7. The van der Waals surface area contributed by atoms with E-state index in [-0.39, 0.29) is 17.4 Å². The van der Waals surface area contributed by atoms with E-state index in [2.05, 4.69) is 10.3 Å². The summed E-state index contributed by atoms with van der Waals surface area (Å²) in [5.41, 5.74) is 0.992. The molecule has 2 rings (SSSR count). The number of nitrogens with one attached hydrogen (secondary N) is 1. The predicted molar refractivity (Wildman–Crippen MR) is 77.9 cm³/mol. The fourth-order valence-electron chi connectivity index (χ4n) is 1.50. The number of carbonyl (C=O) groups excluding carboxylic acids is 1. The Kier molecular flexibility index (Phi) is 4.27. The Morgan fingerprint density at radius 3 is 2.80 bits per heavy atom. The third kappa shape index (κ3) is 3.52. The smallest absolute Gasteiger partial charge is 0.354 e. The van der Waals surface area contributed by atoms with Crippen LogP contribution in [0.15, 0.2) is 35.7 Å². The van der Waals surface area contributed by atoms with Gasteiger partial charge in [0.05, 0.1) is 0 Å². The lowest BCUT2D eigenvalue weighted by Gasteiger charge is -2.01. The van der Waals surface area contributed by atoms with E-state index in [9.17, 15) is 9.59 Å². The van der Waals surface area contributed by atoms with Gasteiger partial charge in [0.1, 0.15) is 5.82 Å². The summed E-state index contributed by atoms with van der Waals surface area (Å²) in [5, 5.41) is 13.3. The SMILES string of the molecule is Cc1ccsc1C=CC(=O)Nc1cccc(C(=O)O)n1. The van der Waals surface area contributed by atoms with E-state index in [1.165, 1.54) is 24.3 Å². The second-order valence-electron chi connectivity index (χ2n) is 4.00. The van der Waals surface area contributed by atoms with Crippen LogP contribution in [0.2, 0.25) is 0 Å². The number of pyridine rings is 1. The van der Waals surface area contributed by atoms with Crippen LogP contribution in [0, 0.1) is 6.92 Å². The van der Waals surface area contributed by atoms with Gasteiger partial charge >= 0.3 is 5.97 Å². The normalized spacial score (nSPS) is 10.7. The number of hydrogen-bond donors (Lipinski definition) is 2. The molecular formula is C14H12N2O3S. The molecule has 2 aromatic rings. The highest BCUT2D eigenvalue weighted by molar-refractivity contribution is 7.11. The minimum absolute atomic E-state index is 0.110. The lowest BCUT2D eigenvalue weighted by molar-refractivity contribution is -0.111. The monoisotopic (exact) mass is 288 g/mol. The van der Waals surface area contributed by atoms with Crippen molar-refractivity contribution >= 4 is 35.1 Å². The summed E-state index contributed by atoms with van der Waals surface area (Å²) in [5.74, 6) is -1.28. The molecule has 0 fully saturated rings. The molecule has 0 aliphatic carbocycles. The number of hydrogen-bond acceptors (Lipinski definition) is 4. The fourth-order valence-corrected chi connectivity index (χ4v) is 2.32. The van der Waals surface area contributed by atoms with E-state index in [1.807, 2.05) is 18.4 Å². The maximum absolute atomic E-state index is 11.7. The number of rotatable bonds is 4. The van der Waals surface area contributed by atoms with Gasteiger partial charge in [-0.25, -0.2) is 9.78 Å². The first kappa shape index (κ1) is 14.0. The zero-order chi connectivity index (χ0) is 14.5. The molecule has 1 amide bonds. The standard InChI is InChI=1S/C14H12N2O3S/c1-9-7-8-20-11(9)5-6-13(17)16-12-4-2-3-10(15-12)14(18)19/h2-8H,1H3,(H,18,19)(H,15,16,17). The Morgan fingerprint density at radius 2 is 2.15 bits per heavy atom. The molecule has 0 spiro atoms. The fraction of sp³-hybridized carbons (Fsp3) is 0.0714. The van der Waals surface area contributed by atoms with Gasteiger partial charge in [0.15, 0.2) is 5.69 Å². The molecule has 2 aromatic heterocycles. The minimum Gasteiger partial charge on any atom is -0.477 e. The molecule has 0 aliphatic heterocycles. The molecule has 0 aromatic carbocycles. The number of amides is 1. The number of aromatic nitrogens is 1. The van der Waals surface area contributed by atoms with Crippen molar-refractivity contribution in [3.63, 3.8) is 0 Å². The second kappa shape index (κ2) is 6.12. The number of carboxylic acid groups (broad SMARTS) is 1. The molecule has 20 heavy (non-hydrogen) atoms. The van der Waals surface area contributed by atoms with Gasteiger partial charge in [-0.15, -0.1) is 11.3 Å². The molecule has 0 atom stereocenters. The largest absolute Gasteiger partial charge is 0.477 e. The lowest BCUT2D eigenvalue weighted by Crippen LogP contribution is -2.11. The molecule has 5 nitrogen and oxygen atoms in total. The molecule has 2 N–H and O–H groups in total. The molecule has 6 heteroatoms. The Morgan fingerprint density at radius 1 is 1.35 bits per heavy atom. The Labute approximate surface area is 119 Å². The van der Waals surface area contributed by atoms with Crippen LogP contribution >= 0.6 is 11.3 Å². The van der Waals surface area contributed by atoms with Gasteiger partial charge in [-0.1, -0.05) is 6.07 Å². The highest BCUT2D eigenvalue weighted by Crippen LogP contribution is 2.17. The van der Waals surface area contributed by atoms with Crippen LogP contribution in [0.3, 0.4) is 0 Å². The van der Waals surface area contributed by atoms with Crippen molar-refractivity contribution < 1.29 is 14.7 Å². The number of aromatic carboxylic acids is 1. The maximum atomic E-state index is 11.7. The summed E-state index contributed by atoms with van der Waals surface area (Å²) in [6, 6.07) is 6.40. The molecule has 0 saturated carbocycles. The number of carboxylic acids is 1. The molecule has 0 bridgehead atoms. The number of aryl methyl sites for hydroxylation is 1. The van der Waals surface area contributed by atoms with Crippen molar-refractivity contribution in [2.45, 2.75) is 6.92 Å². The summed E-state index contributed by atoms with van der Waals surface area (Å²) in [7, 11) is 0. The maximum Gasteiger partial charge on any atom is 0.354 e. The summed E-state index contributed by atoms with van der Waals surface area (Å²) in [6.45, 7) is 1.96. The van der Waals surface area contributed by atoms with E-state index in [4.69, 9.17) is 5.11 Å². The summed E-state index contributed by atoms with van der Waals surface area (Å²) in [4.78, 5) is 27.3. The van der Waals surface area contributed by atoms with Crippen LogP contribution in [0.1, 0.15) is 20.9 Å². The highest BCUT2D eigenvalue weighted by Gasteiger charge is 2.06. The van der Waals surface area contributed by atoms with E-state index in [1.54, 1.807) is 17.4 Å². The van der Waals surface area contributed by atoms with Gasteiger partial charge < -0.3 is 10.4 Å². The molecule has 0 aliphatic rings. The van der Waals surface area contributed by atoms with Gasteiger partial charge in [-0.2, -0.15) is 0 Å². The summed E-state index contributed by atoms with van der Waals surface area (Å²) >= 11 is 1.54. The Balaban J connectivity index is 2.05. The van der Waals surface area contributed by atoms with E-state index >= 15 is 0 Å². The van der Waals surface area contributed by atoms with Gasteiger partial charge in [0.25, 0.3) is 0 Å². The topological polar surface area (TPSA) is 79.3 Å².